The molecule has 1 aliphatic rings. The largest absolute Gasteiger partial charge is 0.493 e. The van der Waals surface area contributed by atoms with Crippen LogP contribution in [0.5, 0.6) is 5.75 Å². The number of aromatic nitrogens is 2. The summed E-state index contributed by atoms with van der Waals surface area (Å²) >= 11 is 0. The molecule has 2 unspecified atom stereocenters. The molecule has 1 saturated carbocycles. The Hall–Kier alpha value is -1.88. The van der Waals surface area contributed by atoms with Crippen molar-refractivity contribution in [1.82, 2.24) is 10.1 Å². The van der Waals surface area contributed by atoms with Crippen molar-refractivity contribution in [2.75, 3.05) is 6.61 Å². The fourth-order valence-corrected chi connectivity index (χ4v) is 2.66. The quantitative estimate of drug-likeness (QED) is 0.928. The number of hydrogen-bond donors (Lipinski definition) is 1. The Morgan fingerprint density at radius 2 is 2.20 bits per heavy atom. The number of aliphatic hydroxyl groups is 1. The van der Waals surface area contributed by atoms with Crippen molar-refractivity contribution >= 4 is 0 Å². The summed E-state index contributed by atoms with van der Waals surface area (Å²) in [6, 6.07) is 7.62. The SMILES string of the molecule is CCOc1ccccc1-c1noc(C2CCCC2O)n1. The number of para-hydroxylation sites is 1. The highest BCUT2D eigenvalue weighted by Crippen LogP contribution is 2.35. The van der Waals surface area contributed by atoms with E-state index in [1.54, 1.807) is 0 Å². The first-order valence-electron chi connectivity index (χ1n) is 7.03. The van der Waals surface area contributed by atoms with Crippen molar-refractivity contribution in [1.29, 1.82) is 0 Å². The molecular formula is C15H18N2O3. The van der Waals surface area contributed by atoms with E-state index in [4.69, 9.17) is 9.26 Å². The fourth-order valence-electron chi connectivity index (χ4n) is 2.66. The summed E-state index contributed by atoms with van der Waals surface area (Å²) < 4.78 is 10.9. The molecule has 2 aromatic rings. The van der Waals surface area contributed by atoms with Gasteiger partial charge in [0.05, 0.1) is 24.2 Å². The first kappa shape index (κ1) is 13.1. The number of aliphatic hydroxyl groups excluding tert-OH is 1. The average molecular weight is 274 g/mol. The maximum absolute atomic E-state index is 9.91. The van der Waals surface area contributed by atoms with Crippen LogP contribution in [0, 0.1) is 0 Å². The highest BCUT2D eigenvalue weighted by Gasteiger charge is 2.31. The lowest BCUT2D eigenvalue weighted by atomic mass is 10.1. The van der Waals surface area contributed by atoms with Crippen LogP contribution >= 0.6 is 0 Å². The monoisotopic (exact) mass is 274 g/mol. The van der Waals surface area contributed by atoms with E-state index in [9.17, 15) is 5.11 Å². The molecule has 0 aliphatic heterocycles. The topological polar surface area (TPSA) is 68.4 Å². The Morgan fingerprint density at radius 1 is 1.35 bits per heavy atom. The van der Waals surface area contributed by atoms with E-state index >= 15 is 0 Å². The van der Waals surface area contributed by atoms with Gasteiger partial charge in [0, 0.05) is 0 Å². The minimum Gasteiger partial charge on any atom is -0.493 e. The lowest BCUT2D eigenvalue weighted by Gasteiger charge is -2.08. The van der Waals surface area contributed by atoms with Gasteiger partial charge in [-0.05, 0) is 38.3 Å². The van der Waals surface area contributed by atoms with Crippen molar-refractivity contribution in [2.24, 2.45) is 0 Å². The lowest BCUT2D eigenvalue weighted by Crippen LogP contribution is -2.11. The molecule has 0 spiro atoms. The first-order chi connectivity index (χ1) is 9.79. The van der Waals surface area contributed by atoms with Gasteiger partial charge in [0.2, 0.25) is 11.7 Å². The zero-order valence-corrected chi connectivity index (χ0v) is 11.5. The van der Waals surface area contributed by atoms with E-state index in [0.29, 0.717) is 18.3 Å². The normalized spacial score (nSPS) is 22.1. The van der Waals surface area contributed by atoms with Gasteiger partial charge >= 0.3 is 0 Å². The zero-order chi connectivity index (χ0) is 13.9. The molecule has 1 aromatic heterocycles. The van der Waals surface area contributed by atoms with Crippen LogP contribution in [-0.4, -0.2) is 28.0 Å². The van der Waals surface area contributed by atoms with Crippen LogP contribution in [0.25, 0.3) is 11.4 Å². The van der Waals surface area contributed by atoms with E-state index in [2.05, 4.69) is 10.1 Å². The van der Waals surface area contributed by atoms with Crippen LogP contribution in [0.2, 0.25) is 0 Å². The molecule has 0 amide bonds. The summed E-state index contributed by atoms with van der Waals surface area (Å²) in [5.74, 6) is 1.75. The third kappa shape index (κ3) is 2.41. The second kappa shape index (κ2) is 5.63. The molecule has 5 heteroatoms. The molecule has 3 rings (SSSR count). The molecule has 1 fully saturated rings. The van der Waals surface area contributed by atoms with Crippen LogP contribution in [0.1, 0.15) is 38.0 Å². The van der Waals surface area contributed by atoms with E-state index < -0.39 is 0 Å². The van der Waals surface area contributed by atoms with Crippen molar-refractivity contribution in [3.8, 4) is 17.1 Å². The van der Waals surface area contributed by atoms with Crippen LogP contribution in [0.3, 0.4) is 0 Å². The molecule has 5 nitrogen and oxygen atoms in total. The molecule has 1 aromatic carbocycles. The minimum atomic E-state index is -0.370. The Kier molecular flexibility index (Phi) is 3.69. The van der Waals surface area contributed by atoms with Crippen molar-refractivity contribution < 1.29 is 14.4 Å². The van der Waals surface area contributed by atoms with Gasteiger partial charge in [0.1, 0.15) is 5.75 Å². The Morgan fingerprint density at radius 3 is 2.95 bits per heavy atom. The van der Waals surface area contributed by atoms with Gasteiger partial charge in [-0.3, -0.25) is 0 Å². The molecule has 1 aliphatic carbocycles. The van der Waals surface area contributed by atoms with E-state index in [0.717, 1.165) is 30.6 Å². The van der Waals surface area contributed by atoms with Crippen molar-refractivity contribution in [3.63, 3.8) is 0 Å². The Balaban J connectivity index is 1.90. The second-order valence-corrected chi connectivity index (χ2v) is 4.99. The van der Waals surface area contributed by atoms with Crippen LogP contribution in [-0.2, 0) is 0 Å². The average Bonchev–Trinajstić information content (AvgIpc) is 3.08. The van der Waals surface area contributed by atoms with Gasteiger partial charge in [0.25, 0.3) is 0 Å². The zero-order valence-electron chi connectivity index (χ0n) is 11.5. The predicted octanol–water partition coefficient (Wildman–Crippen LogP) is 2.76. The smallest absolute Gasteiger partial charge is 0.232 e. The summed E-state index contributed by atoms with van der Waals surface area (Å²) in [5.41, 5.74) is 0.817. The van der Waals surface area contributed by atoms with Gasteiger partial charge in [-0.25, -0.2) is 0 Å². The molecule has 1 N–H and O–H groups in total. The maximum Gasteiger partial charge on any atom is 0.232 e. The van der Waals surface area contributed by atoms with Crippen LogP contribution in [0.4, 0.5) is 0 Å². The summed E-state index contributed by atoms with van der Waals surface area (Å²) in [5, 5.41) is 13.9. The van der Waals surface area contributed by atoms with Gasteiger partial charge in [-0.2, -0.15) is 4.98 Å². The summed E-state index contributed by atoms with van der Waals surface area (Å²) in [6.45, 7) is 2.52. The highest BCUT2D eigenvalue weighted by atomic mass is 16.5. The summed E-state index contributed by atoms with van der Waals surface area (Å²) in [4.78, 5) is 4.44. The van der Waals surface area contributed by atoms with Crippen LogP contribution < -0.4 is 4.74 Å². The fraction of sp³-hybridized carbons (Fsp3) is 0.467. The number of ether oxygens (including phenoxy) is 1. The van der Waals surface area contributed by atoms with Crippen LogP contribution in [0.15, 0.2) is 28.8 Å². The Labute approximate surface area is 117 Å². The van der Waals surface area contributed by atoms with Crippen molar-refractivity contribution in [3.05, 3.63) is 30.2 Å². The molecule has 0 radical (unpaired) electrons. The third-order valence-corrected chi connectivity index (χ3v) is 3.67. The summed E-state index contributed by atoms with van der Waals surface area (Å²) in [7, 11) is 0. The van der Waals surface area contributed by atoms with Gasteiger partial charge in [-0.15, -0.1) is 0 Å². The molecule has 106 valence electrons. The lowest BCUT2D eigenvalue weighted by molar-refractivity contribution is 0.148. The molecular weight excluding hydrogens is 256 g/mol. The second-order valence-electron chi connectivity index (χ2n) is 4.99. The van der Waals surface area contributed by atoms with Crippen molar-refractivity contribution in [2.45, 2.75) is 38.2 Å². The van der Waals surface area contributed by atoms with E-state index in [1.165, 1.54) is 0 Å². The Bertz CT molecular complexity index is 582. The standard InChI is InChI=1S/C15H18N2O3/c1-2-19-13-9-4-3-6-11(13)14-16-15(20-17-14)10-7-5-8-12(10)18/h3-4,6,9-10,12,18H,2,5,7-8H2,1H3. The van der Waals surface area contributed by atoms with E-state index in [1.807, 2.05) is 31.2 Å². The highest BCUT2D eigenvalue weighted by molar-refractivity contribution is 5.63. The number of hydrogen-bond acceptors (Lipinski definition) is 5. The maximum atomic E-state index is 9.91. The summed E-state index contributed by atoms with van der Waals surface area (Å²) in [6.07, 6.45) is 2.33. The first-order valence-corrected chi connectivity index (χ1v) is 7.03. The molecule has 0 bridgehead atoms. The molecule has 1 heterocycles. The third-order valence-electron chi connectivity index (χ3n) is 3.67. The number of rotatable bonds is 4. The predicted molar refractivity (Wildman–Crippen MR) is 73.5 cm³/mol. The molecule has 0 saturated heterocycles. The van der Waals surface area contributed by atoms with Gasteiger partial charge in [-0.1, -0.05) is 17.3 Å². The number of benzene rings is 1. The van der Waals surface area contributed by atoms with E-state index in [-0.39, 0.29) is 12.0 Å². The molecule has 2 atom stereocenters. The number of nitrogens with zero attached hydrogens (tertiary/aromatic N) is 2. The molecule has 20 heavy (non-hydrogen) atoms. The minimum absolute atomic E-state index is 0.0319. The van der Waals surface area contributed by atoms with Gasteiger partial charge in [0.15, 0.2) is 0 Å². The van der Waals surface area contributed by atoms with Gasteiger partial charge < -0.3 is 14.4 Å².